The van der Waals surface area contributed by atoms with Gasteiger partial charge in [-0.25, -0.2) is 0 Å². The molecular weight excluding hydrogens is 295 g/mol. The second-order valence-electron chi connectivity index (χ2n) is 8.03. The van der Waals surface area contributed by atoms with Gasteiger partial charge in [0.25, 0.3) is 0 Å². The Bertz CT molecular complexity index is 188. The van der Waals surface area contributed by atoms with Crippen molar-refractivity contribution in [3.05, 3.63) is 0 Å². The molecule has 0 rings (SSSR count). The monoisotopic (exact) mass is 343 g/mol. The highest BCUT2D eigenvalue weighted by Crippen LogP contribution is 2.57. The lowest BCUT2D eigenvalue weighted by molar-refractivity contribution is 0.644. The van der Waals surface area contributed by atoms with Crippen molar-refractivity contribution in [3.63, 3.8) is 0 Å². The fourth-order valence-corrected chi connectivity index (χ4v) is 7.26. The fraction of sp³-hybridized carbons (Fsp3) is 1.00. The first kappa shape index (κ1) is 23.4. The Morgan fingerprint density at radius 1 is 0.391 bits per heavy atom. The van der Waals surface area contributed by atoms with Crippen LogP contribution in [0.5, 0.6) is 0 Å². The quantitative estimate of drug-likeness (QED) is 0.173. The highest BCUT2D eigenvalue weighted by Gasteiger charge is 2.29. The van der Waals surface area contributed by atoms with E-state index >= 15 is 0 Å². The SMILES string of the molecule is CCCCCCC[P+](C)(CCCCCCC)CCCCCCC. The van der Waals surface area contributed by atoms with Crippen LogP contribution in [0.4, 0.5) is 0 Å². The van der Waals surface area contributed by atoms with Gasteiger partial charge in [-0.3, -0.25) is 0 Å². The van der Waals surface area contributed by atoms with Gasteiger partial charge in [-0.05, 0) is 38.5 Å². The van der Waals surface area contributed by atoms with Gasteiger partial charge in [0.05, 0.1) is 18.5 Å². The molecule has 0 aliphatic rings. The molecule has 0 unspecified atom stereocenters. The van der Waals surface area contributed by atoms with Gasteiger partial charge in [0.15, 0.2) is 0 Å². The molecule has 140 valence electrons. The molecule has 0 saturated carbocycles. The van der Waals surface area contributed by atoms with Crippen LogP contribution in [0.3, 0.4) is 0 Å². The predicted octanol–water partition coefficient (Wildman–Crippen LogP) is 8.55. The van der Waals surface area contributed by atoms with Crippen LogP contribution in [0.2, 0.25) is 0 Å². The summed E-state index contributed by atoms with van der Waals surface area (Å²) in [6.07, 6.45) is 26.7. The van der Waals surface area contributed by atoms with Gasteiger partial charge in [-0.2, -0.15) is 0 Å². The van der Waals surface area contributed by atoms with E-state index in [0.717, 1.165) is 0 Å². The molecule has 0 atom stereocenters. The van der Waals surface area contributed by atoms with Gasteiger partial charge < -0.3 is 0 Å². The van der Waals surface area contributed by atoms with Gasteiger partial charge in [-0.1, -0.05) is 78.6 Å². The van der Waals surface area contributed by atoms with Crippen molar-refractivity contribution in [1.29, 1.82) is 0 Å². The number of hydrogen-bond acceptors (Lipinski definition) is 0. The van der Waals surface area contributed by atoms with Crippen LogP contribution in [0.25, 0.3) is 0 Å². The number of hydrogen-bond donors (Lipinski definition) is 0. The van der Waals surface area contributed by atoms with Crippen LogP contribution in [0.15, 0.2) is 0 Å². The third-order valence-corrected chi connectivity index (χ3v) is 9.59. The molecule has 0 radical (unpaired) electrons. The predicted molar refractivity (Wildman–Crippen MR) is 114 cm³/mol. The van der Waals surface area contributed by atoms with Crippen LogP contribution < -0.4 is 0 Å². The van der Waals surface area contributed by atoms with Gasteiger partial charge in [-0.15, -0.1) is 0 Å². The highest BCUT2D eigenvalue weighted by atomic mass is 31.2. The molecule has 1 heteroatoms. The van der Waals surface area contributed by atoms with Crippen molar-refractivity contribution in [2.24, 2.45) is 0 Å². The molecule has 0 fully saturated rings. The zero-order valence-corrected chi connectivity index (χ0v) is 18.1. The van der Waals surface area contributed by atoms with E-state index in [4.69, 9.17) is 0 Å². The Hall–Kier alpha value is 0.430. The number of unbranched alkanes of at least 4 members (excludes halogenated alkanes) is 12. The molecule has 0 aromatic carbocycles. The van der Waals surface area contributed by atoms with Crippen LogP contribution in [0, 0.1) is 0 Å². The summed E-state index contributed by atoms with van der Waals surface area (Å²) in [6.45, 7) is 9.68. The van der Waals surface area contributed by atoms with Crippen LogP contribution in [-0.2, 0) is 0 Å². The minimum atomic E-state index is -0.615. The largest absolute Gasteiger partial charge is 0.0654 e. The Morgan fingerprint density at radius 2 is 0.652 bits per heavy atom. The second kappa shape index (κ2) is 17.3. The van der Waals surface area contributed by atoms with Gasteiger partial charge in [0, 0.05) is 13.9 Å². The summed E-state index contributed by atoms with van der Waals surface area (Å²) in [7, 11) is -0.615. The highest BCUT2D eigenvalue weighted by molar-refractivity contribution is 7.75. The third-order valence-electron chi connectivity index (χ3n) is 5.40. The summed E-state index contributed by atoms with van der Waals surface area (Å²) >= 11 is 0. The minimum Gasteiger partial charge on any atom is -0.0654 e. The first-order valence-electron chi connectivity index (χ1n) is 11.0. The van der Waals surface area contributed by atoms with E-state index in [1.165, 1.54) is 96.3 Å². The van der Waals surface area contributed by atoms with E-state index in [1.54, 1.807) is 18.5 Å². The maximum absolute atomic E-state index is 2.71. The van der Waals surface area contributed by atoms with Crippen LogP contribution in [-0.4, -0.2) is 25.2 Å². The van der Waals surface area contributed by atoms with E-state index in [9.17, 15) is 0 Å². The molecule has 23 heavy (non-hydrogen) atoms. The molecule has 0 aliphatic carbocycles. The second-order valence-corrected chi connectivity index (χ2v) is 12.6. The van der Waals surface area contributed by atoms with Gasteiger partial charge in [0.2, 0.25) is 0 Å². The molecule has 0 aromatic heterocycles. The zero-order valence-electron chi connectivity index (χ0n) is 17.2. The molecule has 0 saturated heterocycles. The normalized spacial score (nSPS) is 12.0. The first-order chi connectivity index (χ1) is 11.2. The topological polar surface area (TPSA) is 0 Å². The summed E-state index contributed by atoms with van der Waals surface area (Å²) in [5, 5.41) is 0. The zero-order chi connectivity index (χ0) is 17.2. The molecule has 0 aromatic rings. The molecule has 0 heterocycles. The summed E-state index contributed by atoms with van der Waals surface area (Å²) in [4.78, 5) is 0. The van der Waals surface area contributed by atoms with Crippen molar-refractivity contribution >= 4 is 7.26 Å². The van der Waals surface area contributed by atoms with E-state index in [1.807, 2.05) is 0 Å². The molecular formula is C22H48P+. The first-order valence-corrected chi connectivity index (χ1v) is 13.8. The van der Waals surface area contributed by atoms with Gasteiger partial charge >= 0.3 is 0 Å². The number of rotatable bonds is 18. The fourth-order valence-electron chi connectivity index (χ4n) is 3.63. The summed E-state index contributed by atoms with van der Waals surface area (Å²) in [5.74, 6) is 0. The average molecular weight is 344 g/mol. The van der Waals surface area contributed by atoms with Crippen LogP contribution >= 0.6 is 7.26 Å². The Balaban J connectivity index is 4.00. The van der Waals surface area contributed by atoms with Gasteiger partial charge in [0.1, 0.15) is 0 Å². The Morgan fingerprint density at radius 3 is 0.913 bits per heavy atom. The molecule has 0 N–H and O–H groups in total. The average Bonchev–Trinajstić information content (AvgIpc) is 2.54. The van der Waals surface area contributed by atoms with E-state index in [2.05, 4.69) is 27.4 Å². The maximum atomic E-state index is 2.71. The van der Waals surface area contributed by atoms with E-state index in [-0.39, 0.29) is 0 Å². The van der Waals surface area contributed by atoms with E-state index < -0.39 is 7.26 Å². The molecule has 0 bridgehead atoms. The van der Waals surface area contributed by atoms with Crippen molar-refractivity contribution < 1.29 is 0 Å². The third kappa shape index (κ3) is 15.7. The lowest BCUT2D eigenvalue weighted by Gasteiger charge is -2.23. The minimum absolute atomic E-state index is 0.615. The van der Waals surface area contributed by atoms with Crippen molar-refractivity contribution in [2.75, 3.05) is 25.2 Å². The molecule has 0 spiro atoms. The van der Waals surface area contributed by atoms with Crippen molar-refractivity contribution in [2.45, 2.75) is 117 Å². The van der Waals surface area contributed by atoms with E-state index in [0.29, 0.717) is 0 Å². The lowest BCUT2D eigenvalue weighted by atomic mass is 10.2. The standard InChI is InChI=1S/C22H48P/c1-5-8-11-14-17-20-23(4,21-18-15-12-9-6-2)22-19-16-13-10-7-3/h5-22H2,1-4H3/q+1. The van der Waals surface area contributed by atoms with Crippen molar-refractivity contribution in [3.8, 4) is 0 Å². The maximum Gasteiger partial charge on any atom is 0.0591 e. The Kier molecular flexibility index (Phi) is 17.6. The molecule has 0 nitrogen and oxygen atoms in total. The van der Waals surface area contributed by atoms with Crippen molar-refractivity contribution in [1.82, 2.24) is 0 Å². The smallest absolute Gasteiger partial charge is 0.0591 e. The Labute approximate surface area is 149 Å². The molecule has 0 amide bonds. The summed E-state index contributed by atoms with van der Waals surface area (Å²) in [5.41, 5.74) is 0. The summed E-state index contributed by atoms with van der Waals surface area (Å²) < 4.78 is 0. The molecule has 0 aliphatic heterocycles. The van der Waals surface area contributed by atoms with Crippen LogP contribution in [0.1, 0.15) is 117 Å². The lowest BCUT2D eigenvalue weighted by Crippen LogP contribution is -2.08. The summed E-state index contributed by atoms with van der Waals surface area (Å²) in [6, 6.07) is 0.